The molecule has 3 aromatic rings. The van der Waals surface area contributed by atoms with Crippen molar-refractivity contribution in [3.8, 4) is 11.4 Å². The average Bonchev–Trinajstić information content (AvgIpc) is 2.75. The summed E-state index contributed by atoms with van der Waals surface area (Å²) in [6, 6.07) is 2.68. The van der Waals surface area contributed by atoms with Gasteiger partial charge in [-0.1, -0.05) is 0 Å². The zero-order valence-corrected chi connectivity index (χ0v) is 9.39. The van der Waals surface area contributed by atoms with Gasteiger partial charge in [-0.05, 0) is 18.9 Å². The van der Waals surface area contributed by atoms with Crippen molar-refractivity contribution in [1.82, 2.24) is 19.2 Å². The zero-order chi connectivity index (χ0) is 10.5. The van der Waals surface area contributed by atoms with Gasteiger partial charge in [-0.25, -0.2) is 4.98 Å². The molecule has 0 bridgehead atoms. The molecule has 4 nitrogen and oxygen atoms in total. The second-order valence-corrected chi connectivity index (χ2v) is 5.00. The number of thiazole rings is 1. The molecule has 1 aliphatic rings. The first-order chi connectivity index (χ1) is 7.90. The maximum Gasteiger partial charge on any atom is 0.194 e. The first kappa shape index (κ1) is 8.52. The maximum atomic E-state index is 4.56. The van der Waals surface area contributed by atoms with Gasteiger partial charge >= 0.3 is 0 Å². The molecule has 0 spiro atoms. The van der Waals surface area contributed by atoms with Crippen LogP contribution < -0.4 is 0 Å². The predicted octanol–water partition coefficient (Wildman–Crippen LogP) is 2.59. The van der Waals surface area contributed by atoms with Crippen LogP contribution in [0.1, 0.15) is 18.9 Å². The first-order valence-corrected chi connectivity index (χ1v) is 6.26. The monoisotopic (exact) mass is 230 g/mol. The maximum absolute atomic E-state index is 4.56. The van der Waals surface area contributed by atoms with Crippen molar-refractivity contribution in [1.29, 1.82) is 0 Å². The Kier molecular flexibility index (Phi) is 1.57. The standard InChI is InChI=1S/C11H10N4S/c1-2-8(1)15-4-3-9(13-15)10-7-14-5-6-16-11(14)12-10/h3-8H,1-2H2. The fraction of sp³-hybridized carbons (Fsp3) is 0.273. The molecule has 0 amide bonds. The number of nitrogens with zero attached hydrogens (tertiary/aromatic N) is 4. The summed E-state index contributed by atoms with van der Waals surface area (Å²) in [4.78, 5) is 5.57. The van der Waals surface area contributed by atoms with Crippen molar-refractivity contribution >= 4 is 16.3 Å². The van der Waals surface area contributed by atoms with Crippen LogP contribution in [0.5, 0.6) is 0 Å². The van der Waals surface area contributed by atoms with Crippen LogP contribution in [0.25, 0.3) is 16.3 Å². The van der Waals surface area contributed by atoms with E-state index < -0.39 is 0 Å². The average molecular weight is 230 g/mol. The topological polar surface area (TPSA) is 35.1 Å². The second-order valence-electron chi connectivity index (χ2n) is 4.13. The Morgan fingerprint density at radius 3 is 3.00 bits per heavy atom. The molecule has 4 rings (SSSR count). The molecule has 16 heavy (non-hydrogen) atoms. The molecular weight excluding hydrogens is 220 g/mol. The molecule has 0 radical (unpaired) electrons. The summed E-state index contributed by atoms with van der Waals surface area (Å²) >= 11 is 1.65. The summed E-state index contributed by atoms with van der Waals surface area (Å²) in [5.41, 5.74) is 1.94. The van der Waals surface area contributed by atoms with Crippen molar-refractivity contribution in [2.24, 2.45) is 0 Å². The van der Waals surface area contributed by atoms with Crippen molar-refractivity contribution in [2.75, 3.05) is 0 Å². The van der Waals surface area contributed by atoms with Gasteiger partial charge in [0.25, 0.3) is 0 Å². The van der Waals surface area contributed by atoms with Crippen molar-refractivity contribution in [3.05, 3.63) is 30.0 Å². The van der Waals surface area contributed by atoms with E-state index in [0.717, 1.165) is 16.3 Å². The Labute approximate surface area is 96.2 Å². The normalized spacial score (nSPS) is 16.0. The minimum absolute atomic E-state index is 0.637. The van der Waals surface area contributed by atoms with Gasteiger partial charge in [-0.15, -0.1) is 11.3 Å². The summed E-state index contributed by atoms with van der Waals surface area (Å²) in [6.45, 7) is 0. The Balaban J connectivity index is 1.79. The molecule has 1 aliphatic carbocycles. The van der Waals surface area contributed by atoms with Gasteiger partial charge in [-0.2, -0.15) is 5.10 Å². The highest BCUT2D eigenvalue weighted by atomic mass is 32.1. The molecule has 0 aromatic carbocycles. The minimum atomic E-state index is 0.637. The fourth-order valence-corrected chi connectivity index (χ4v) is 2.57. The van der Waals surface area contributed by atoms with Gasteiger partial charge in [0.1, 0.15) is 11.4 Å². The molecular formula is C11H10N4S. The van der Waals surface area contributed by atoms with E-state index in [1.807, 2.05) is 28.2 Å². The lowest BCUT2D eigenvalue weighted by molar-refractivity contribution is 0.643. The van der Waals surface area contributed by atoms with E-state index in [1.54, 1.807) is 11.3 Å². The van der Waals surface area contributed by atoms with E-state index in [2.05, 4.69) is 21.0 Å². The Morgan fingerprint density at radius 2 is 2.19 bits per heavy atom. The number of aromatic nitrogens is 4. The van der Waals surface area contributed by atoms with Crippen LogP contribution in [0.4, 0.5) is 0 Å². The van der Waals surface area contributed by atoms with Gasteiger partial charge in [0.2, 0.25) is 0 Å². The molecule has 0 unspecified atom stereocenters. The highest BCUT2D eigenvalue weighted by molar-refractivity contribution is 7.15. The molecule has 1 saturated carbocycles. The third kappa shape index (κ3) is 1.21. The van der Waals surface area contributed by atoms with Crippen LogP contribution in [0.3, 0.4) is 0 Å². The van der Waals surface area contributed by atoms with Crippen LogP contribution in [-0.4, -0.2) is 19.2 Å². The number of fused-ring (bicyclic) bond motifs is 1. The van der Waals surface area contributed by atoms with E-state index in [9.17, 15) is 0 Å². The molecule has 0 aliphatic heterocycles. The quantitative estimate of drug-likeness (QED) is 0.678. The third-order valence-corrected chi connectivity index (χ3v) is 3.66. The van der Waals surface area contributed by atoms with E-state index >= 15 is 0 Å². The van der Waals surface area contributed by atoms with Gasteiger partial charge in [-0.3, -0.25) is 9.08 Å². The summed E-state index contributed by atoms with van der Waals surface area (Å²) in [5, 5.41) is 6.60. The first-order valence-electron chi connectivity index (χ1n) is 5.38. The lowest BCUT2D eigenvalue weighted by Crippen LogP contribution is -1.93. The molecule has 0 saturated heterocycles. The van der Waals surface area contributed by atoms with Crippen molar-refractivity contribution in [2.45, 2.75) is 18.9 Å². The molecule has 0 atom stereocenters. The summed E-state index contributed by atoms with van der Waals surface area (Å²) < 4.78 is 4.10. The smallest absolute Gasteiger partial charge is 0.194 e. The summed E-state index contributed by atoms with van der Waals surface area (Å²) in [5.74, 6) is 0. The Hall–Kier alpha value is -1.62. The number of hydrogen-bond donors (Lipinski definition) is 0. The van der Waals surface area contributed by atoms with Crippen LogP contribution in [0, 0.1) is 0 Å². The predicted molar refractivity (Wildman–Crippen MR) is 62.6 cm³/mol. The van der Waals surface area contributed by atoms with E-state index in [0.29, 0.717) is 6.04 Å². The van der Waals surface area contributed by atoms with Crippen LogP contribution in [0.15, 0.2) is 30.0 Å². The third-order valence-electron chi connectivity index (χ3n) is 2.89. The van der Waals surface area contributed by atoms with E-state index in [1.165, 1.54) is 12.8 Å². The summed E-state index contributed by atoms with van der Waals surface area (Å²) in [6.07, 6.45) is 8.64. The number of rotatable bonds is 2. The lowest BCUT2D eigenvalue weighted by atomic mass is 10.3. The van der Waals surface area contributed by atoms with E-state index in [-0.39, 0.29) is 0 Å². The molecule has 1 fully saturated rings. The molecule has 0 N–H and O–H groups in total. The number of imidazole rings is 1. The molecule has 80 valence electrons. The van der Waals surface area contributed by atoms with Crippen LogP contribution in [0.2, 0.25) is 0 Å². The molecule has 3 heterocycles. The largest absolute Gasteiger partial charge is 0.297 e. The highest BCUT2D eigenvalue weighted by Crippen LogP contribution is 2.34. The van der Waals surface area contributed by atoms with Crippen molar-refractivity contribution < 1.29 is 0 Å². The Morgan fingerprint density at radius 1 is 1.25 bits per heavy atom. The SMILES string of the molecule is c1cn2cc(-c3ccn(C4CC4)n3)nc2s1. The van der Waals surface area contributed by atoms with Gasteiger partial charge in [0.05, 0.1) is 6.04 Å². The van der Waals surface area contributed by atoms with Crippen molar-refractivity contribution in [3.63, 3.8) is 0 Å². The van der Waals surface area contributed by atoms with Gasteiger partial charge < -0.3 is 0 Å². The minimum Gasteiger partial charge on any atom is -0.297 e. The fourth-order valence-electron chi connectivity index (χ4n) is 1.87. The summed E-state index contributed by atoms with van der Waals surface area (Å²) in [7, 11) is 0. The number of hydrogen-bond acceptors (Lipinski definition) is 3. The van der Waals surface area contributed by atoms with E-state index in [4.69, 9.17) is 0 Å². The highest BCUT2D eigenvalue weighted by Gasteiger charge is 2.24. The van der Waals surface area contributed by atoms with Gasteiger partial charge in [0.15, 0.2) is 4.96 Å². The van der Waals surface area contributed by atoms with Gasteiger partial charge in [0, 0.05) is 24.0 Å². The second kappa shape index (κ2) is 2.95. The van der Waals surface area contributed by atoms with Crippen LogP contribution in [-0.2, 0) is 0 Å². The zero-order valence-electron chi connectivity index (χ0n) is 8.58. The Bertz CT molecular complexity index is 615. The van der Waals surface area contributed by atoms with Crippen LogP contribution >= 0.6 is 11.3 Å². The molecule has 3 aromatic heterocycles. The molecule has 5 heteroatoms. The lowest BCUT2D eigenvalue weighted by Gasteiger charge is -1.93.